The average Bonchev–Trinajstić information content (AvgIpc) is 2.42. The molecule has 1 aromatic carbocycles. The molecule has 0 aliphatic heterocycles. The monoisotopic (exact) mass is 315 g/mol. The van der Waals surface area contributed by atoms with E-state index in [1.54, 1.807) is 0 Å². The predicted molar refractivity (Wildman–Crippen MR) is 74.1 cm³/mol. The Morgan fingerprint density at radius 1 is 1.24 bits per heavy atom. The lowest BCUT2D eigenvalue weighted by Crippen LogP contribution is -2.44. The lowest BCUT2D eigenvalue weighted by atomic mass is 10.0. The Morgan fingerprint density at radius 2 is 1.76 bits per heavy atom. The highest BCUT2D eigenvalue weighted by Crippen LogP contribution is 2.20. The summed E-state index contributed by atoms with van der Waals surface area (Å²) in [5.41, 5.74) is 0.284. The van der Waals surface area contributed by atoms with Crippen LogP contribution in [0.25, 0.3) is 0 Å². The van der Waals surface area contributed by atoms with E-state index in [1.165, 1.54) is 31.2 Å². The minimum atomic E-state index is -3.35. The highest BCUT2D eigenvalue weighted by molar-refractivity contribution is 7.90. The van der Waals surface area contributed by atoms with Crippen molar-refractivity contribution in [2.24, 2.45) is 0 Å². The molecule has 0 aromatic heterocycles. The lowest BCUT2D eigenvalue weighted by Gasteiger charge is -2.21. The molecule has 0 saturated carbocycles. The molecule has 0 radical (unpaired) electrons. The molecule has 7 nitrogen and oxygen atoms in total. The first kappa shape index (κ1) is 17.1. The quantitative estimate of drug-likeness (QED) is 0.728. The number of carbonyl (C=O) groups excluding carboxylic acids is 2. The topological polar surface area (TPSA) is 110 Å². The summed E-state index contributed by atoms with van der Waals surface area (Å²) in [5, 5.41) is 12.5. The van der Waals surface area contributed by atoms with E-state index in [9.17, 15) is 23.1 Å². The van der Waals surface area contributed by atoms with Crippen LogP contribution in [-0.2, 0) is 24.2 Å². The van der Waals surface area contributed by atoms with Crippen LogP contribution in [0, 0.1) is 0 Å². The summed E-state index contributed by atoms with van der Waals surface area (Å²) in [5.74, 6) is -1.30. The Bertz CT molecular complexity index is 623. The molecule has 0 aliphatic rings. The molecular formula is C13H17NO6S. The molecule has 0 spiro atoms. The maximum atomic E-state index is 11.6. The van der Waals surface area contributed by atoms with Crippen molar-refractivity contribution in [1.29, 1.82) is 0 Å². The molecular weight excluding hydrogens is 298 g/mol. The summed E-state index contributed by atoms with van der Waals surface area (Å²) >= 11 is 0. The zero-order chi connectivity index (χ0) is 16.2. The number of aliphatic hydroxyl groups is 1. The second-order valence-electron chi connectivity index (χ2n) is 4.49. The molecule has 1 amide bonds. The van der Waals surface area contributed by atoms with Crippen LogP contribution >= 0.6 is 0 Å². The average molecular weight is 315 g/mol. The van der Waals surface area contributed by atoms with Gasteiger partial charge in [-0.05, 0) is 17.7 Å². The van der Waals surface area contributed by atoms with Gasteiger partial charge in [-0.15, -0.1) is 0 Å². The van der Waals surface area contributed by atoms with Gasteiger partial charge >= 0.3 is 5.97 Å². The fraction of sp³-hybridized carbons (Fsp3) is 0.385. The highest BCUT2D eigenvalue weighted by atomic mass is 32.2. The molecule has 116 valence electrons. The van der Waals surface area contributed by atoms with Crippen LogP contribution in [0.3, 0.4) is 0 Å². The zero-order valence-corrected chi connectivity index (χ0v) is 12.7. The molecule has 0 bridgehead atoms. The number of esters is 1. The molecule has 0 fully saturated rings. The van der Waals surface area contributed by atoms with Gasteiger partial charge in [-0.3, -0.25) is 4.79 Å². The van der Waals surface area contributed by atoms with Crippen LogP contribution in [0.2, 0.25) is 0 Å². The summed E-state index contributed by atoms with van der Waals surface area (Å²) in [7, 11) is -2.21. The number of hydrogen-bond acceptors (Lipinski definition) is 6. The molecule has 1 rings (SSSR count). The van der Waals surface area contributed by atoms with Gasteiger partial charge in [-0.1, -0.05) is 12.1 Å². The van der Waals surface area contributed by atoms with E-state index in [0.717, 1.165) is 13.4 Å². The van der Waals surface area contributed by atoms with Crippen molar-refractivity contribution in [3.05, 3.63) is 29.8 Å². The van der Waals surface area contributed by atoms with Crippen LogP contribution in [0.4, 0.5) is 0 Å². The Labute approximate surface area is 122 Å². The van der Waals surface area contributed by atoms with E-state index in [-0.39, 0.29) is 10.5 Å². The van der Waals surface area contributed by atoms with Crippen LogP contribution in [0.1, 0.15) is 18.6 Å². The third kappa shape index (κ3) is 4.54. The maximum Gasteiger partial charge on any atom is 0.331 e. The molecule has 1 aromatic rings. The molecule has 2 atom stereocenters. The summed E-state index contributed by atoms with van der Waals surface area (Å²) in [6.07, 6.45) is -0.289. The smallest absolute Gasteiger partial charge is 0.331 e. The highest BCUT2D eigenvalue weighted by Gasteiger charge is 2.29. The summed E-state index contributed by atoms with van der Waals surface area (Å²) in [4.78, 5) is 22.8. The Kier molecular flexibility index (Phi) is 5.45. The normalized spacial score (nSPS) is 14.1. The number of benzene rings is 1. The van der Waals surface area contributed by atoms with E-state index in [0.29, 0.717) is 0 Å². The Morgan fingerprint density at radius 3 is 2.14 bits per heavy atom. The first-order chi connectivity index (χ1) is 9.66. The second-order valence-corrected chi connectivity index (χ2v) is 6.50. The van der Waals surface area contributed by atoms with Gasteiger partial charge in [0.25, 0.3) is 0 Å². The minimum Gasteiger partial charge on any atom is -0.467 e. The van der Waals surface area contributed by atoms with Gasteiger partial charge in [0.2, 0.25) is 5.91 Å². The van der Waals surface area contributed by atoms with Crippen molar-refractivity contribution in [2.75, 3.05) is 13.4 Å². The van der Waals surface area contributed by atoms with Gasteiger partial charge in [0, 0.05) is 13.2 Å². The zero-order valence-electron chi connectivity index (χ0n) is 11.9. The number of rotatable bonds is 5. The summed E-state index contributed by atoms with van der Waals surface area (Å²) in [6.45, 7) is 1.20. The van der Waals surface area contributed by atoms with Gasteiger partial charge in [-0.25, -0.2) is 13.2 Å². The molecule has 8 heteroatoms. The number of sulfone groups is 1. The first-order valence-electron chi connectivity index (χ1n) is 6.00. The van der Waals surface area contributed by atoms with Crippen LogP contribution < -0.4 is 5.32 Å². The van der Waals surface area contributed by atoms with E-state index in [1.807, 2.05) is 0 Å². The van der Waals surface area contributed by atoms with Crippen LogP contribution in [-0.4, -0.2) is 44.8 Å². The number of methoxy groups -OCH3 is 1. The number of hydrogen-bond donors (Lipinski definition) is 2. The molecule has 0 saturated heterocycles. The SMILES string of the molecule is COC(=O)[C@@H](NC(C)=O)[C@H](O)c1ccc(S(C)(=O)=O)cc1. The third-order valence-electron chi connectivity index (χ3n) is 2.78. The van der Waals surface area contributed by atoms with Crippen molar-refractivity contribution >= 4 is 21.7 Å². The number of nitrogens with one attached hydrogen (secondary N) is 1. The van der Waals surface area contributed by atoms with Crippen molar-refractivity contribution in [2.45, 2.75) is 24.0 Å². The predicted octanol–water partition coefficient (Wildman–Crippen LogP) is -0.199. The minimum absolute atomic E-state index is 0.0904. The van der Waals surface area contributed by atoms with Gasteiger partial charge in [0.15, 0.2) is 15.9 Å². The van der Waals surface area contributed by atoms with Crippen molar-refractivity contribution in [3.63, 3.8) is 0 Å². The van der Waals surface area contributed by atoms with Crippen molar-refractivity contribution in [1.82, 2.24) is 5.32 Å². The lowest BCUT2D eigenvalue weighted by molar-refractivity contribution is -0.148. The molecule has 0 heterocycles. The van der Waals surface area contributed by atoms with E-state index < -0.39 is 33.9 Å². The fourth-order valence-corrected chi connectivity index (χ4v) is 2.35. The third-order valence-corrected chi connectivity index (χ3v) is 3.91. The molecule has 21 heavy (non-hydrogen) atoms. The Balaban J connectivity index is 3.06. The molecule has 2 N–H and O–H groups in total. The number of aliphatic hydroxyl groups excluding tert-OH is 1. The Hall–Kier alpha value is -1.93. The van der Waals surface area contributed by atoms with Crippen LogP contribution in [0.15, 0.2) is 29.2 Å². The van der Waals surface area contributed by atoms with Crippen molar-refractivity contribution < 1.29 is 27.9 Å². The fourth-order valence-electron chi connectivity index (χ4n) is 1.72. The number of ether oxygens (including phenoxy) is 1. The van der Waals surface area contributed by atoms with Crippen LogP contribution in [0.5, 0.6) is 0 Å². The van der Waals surface area contributed by atoms with Gasteiger partial charge in [0.1, 0.15) is 6.10 Å². The standard InChI is InChI=1S/C13H17NO6S/c1-8(15)14-11(13(17)20-2)12(16)9-4-6-10(7-5-9)21(3,18)19/h4-7,11-12,16H,1-3H3,(H,14,15)/t11-,12+/m0/s1. The number of carbonyl (C=O) groups is 2. The molecule has 0 unspecified atom stereocenters. The maximum absolute atomic E-state index is 11.6. The number of amides is 1. The van der Waals surface area contributed by atoms with Gasteiger partial charge in [0.05, 0.1) is 12.0 Å². The van der Waals surface area contributed by atoms with Gasteiger partial charge < -0.3 is 15.2 Å². The largest absolute Gasteiger partial charge is 0.467 e. The van der Waals surface area contributed by atoms with Crippen molar-refractivity contribution in [3.8, 4) is 0 Å². The van der Waals surface area contributed by atoms with E-state index in [2.05, 4.69) is 10.1 Å². The summed E-state index contributed by atoms with van der Waals surface area (Å²) in [6, 6.07) is 4.11. The van der Waals surface area contributed by atoms with Gasteiger partial charge in [-0.2, -0.15) is 0 Å². The second kappa shape index (κ2) is 6.68. The summed E-state index contributed by atoms with van der Waals surface area (Å²) < 4.78 is 27.2. The first-order valence-corrected chi connectivity index (χ1v) is 7.89. The van der Waals surface area contributed by atoms with E-state index in [4.69, 9.17) is 0 Å². The van der Waals surface area contributed by atoms with E-state index >= 15 is 0 Å². The molecule has 0 aliphatic carbocycles.